The van der Waals surface area contributed by atoms with Gasteiger partial charge < -0.3 is 9.88 Å². The number of hydrogen-bond acceptors (Lipinski definition) is 5. The van der Waals surface area contributed by atoms with Gasteiger partial charge in [0.15, 0.2) is 0 Å². The number of rotatable bonds is 3. The summed E-state index contributed by atoms with van der Waals surface area (Å²) in [6.07, 6.45) is 2.04. The zero-order valence-electron chi connectivity index (χ0n) is 9.29. The van der Waals surface area contributed by atoms with Crippen LogP contribution in [0.1, 0.15) is 5.56 Å². The highest BCUT2D eigenvalue weighted by Gasteiger charge is 2.09. The highest BCUT2D eigenvalue weighted by atomic mass is 32.1. The van der Waals surface area contributed by atoms with Crippen molar-refractivity contribution in [3.8, 4) is 0 Å². The minimum Gasteiger partial charge on any atom is -0.361 e. The Kier molecular flexibility index (Phi) is 2.49. The van der Waals surface area contributed by atoms with Crippen LogP contribution in [-0.4, -0.2) is 26.8 Å². The van der Waals surface area contributed by atoms with Crippen LogP contribution in [-0.2, 0) is 6.54 Å². The number of benzene rings is 1. The number of nitrogens with zero attached hydrogens (tertiary/aromatic N) is 4. The number of anilines is 1. The fraction of sp³-hybridized carbons (Fsp3) is 0.182. The Hall–Kier alpha value is -1.95. The predicted octanol–water partition coefficient (Wildman–Crippen LogP) is 2.05. The normalized spacial score (nSPS) is 10.9. The number of fused-ring (bicyclic) bond motifs is 1. The molecule has 6 heteroatoms. The lowest BCUT2D eigenvalue weighted by atomic mass is 10.2. The third-order valence-electron chi connectivity index (χ3n) is 2.70. The molecule has 0 spiro atoms. The van der Waals surface area contributed by atoms with Gasteiger partial charge in [0.1, 0.15) is 0 Å². The van der Waals surface area contributed by atoms with E-state index in [-0.39, 0.29) is 0 Å². The molecule has 0 unspecified atom stereocenters. The Labute approximate surface area is 102 Å². The minimum absolute atomic E-state index is 0.793. The Morgan fingerprint density at radius 3 is 3.06 bits per heavy atom. The molecule has 0 saturated carbocycles. The minimum atomic E-state index is 0.793. The molecule has 17 heavy (non-hydrogen) atoms. The first-order chi connectivity index (χ1) is 8.34. The van der Waals surface area contributed by atoms with Crippen molar-refractivity contribution in [3.05, 3.63) is 36.0 Å². The molecule has 1 N–H and O–H groups in total. The highest BCUT2D eigenvalue weighted by Crippen LogP contribution is 2.21. The van der Waals surface area contributed by atoms with Crippen molar-refractivity contribution in [2.24, 2.45) is 0 Å². The molecule has 3 rings (SSSR count). The Balaban J connectivity index is 1.90. The SMILES string of the molecule is CN(Cc1c[nH]c2ccccc12)c1nnns1. The van der Waals surface area contributed by atoms with Gasteiger partial charge in [-0.15, -0.1) is 0 Å². The summed E-state index contributed by atoms with van der Waals surface area (Å²) < 4.78 is 3.77. The molecule has 0 aliphatic rings. The average molecular weight is 245 g/mol. The predicted molar refractivity (Wildman–Crippen MR) is 68.1 cm³/mol. The molecule has 86 valence electrons. The zero-order valence-corrected chi connectivity index (χ0v) is 10.1. The maximum atomic E-state index is 3.95. The van der Waals surface area contributed by atoms with Gasteiger partial charge in [0.25, 0.3) is 0 Å². The van der Waals surface area contributed by atoms with Crippen LogP contribution < -0.4 is 4.90 Å². The van der Waals surface area contributed by atoms with E-state index in [1.807, 2.05) is 30.3 Å². The number of H-pyrrole nitrogens is 1. The lowest BCUT2D eigenvalue weighted by Gasteiger charge is -2.13. The maximum Gasteiger partial charge on any atom is 0.227 e. The largest absolute Gasteiger partial charge is 0.361 e. The van der Waals surface area contributed by atoms with Crippen LogP contribution in [0.2, 0.25) is 0 Å². The summed E-state index contributed by atoms with van der Waals surface area (Å²) >= 11 is 1.30. The van der Waals surface area contributed by atoms with Crippen molar-refractivity contribution < 1.29 is 0 Å². The molecule has 0 amide bonds. The van der Waals surface area contributed by atoms with Gasteiger partial charge in [0, 0.05) is 42.2 Å². The first-order valence-electron chi connectivity index (χ1n) is 5.26. The molecular formula is C11H11N5S. The van der Waals surface area contributed by atoms with Crippen molar-refractivity contribution >= 4 is 27.6 Å². The molecule has 0 atom stereocenters. The topological polar surface area (TPSA) is 57.7 Å². The fourth-order valence-corrected chi connectivity index (χ4v) is 2.28. The molecule has 0 aliphatic carbocycles. The van der Waals surface area contributed by atoms with E-state index in [1.165, 1.54) is 22.5 Å². The molecule has 5 nitrogen and oxygen atoms in total. The van der Waals surface area contributed by atoms with E-state index in [0.717, 1.165) is 17.2 Å². The van der Waals surface area contributed by atoms with Crippen LogP contribution in [0.3, 0.4) is 0 Å². The third kappa shape index (κ3) is 1.87. The Bertz CT molecular complexity index is 616. The smallest absolute Gasteiger partial charge is 0.227 e. The van der Waals surface area contributed by atoms with Gasteiger partial charge in [0.2, 0.25) is 5.13 Å². The molecule has 0 radical (unpaired) electrons. The van der Waals surface area contributed by atoms with Gasteiger partial charge in [-0.3, -0.25) is 0 Å². The number of para-hydroxylation sites is 1. The second-order valence-corrected chi connectivity index (χ2v) is 4.57. The van der Waals surface area contributed by atoms with E-state index >= 15 is 0 Å². The summed E-state index contributed by atoms with van der Waals surface area (Å²) in [5.41, 5.74) is 2.41. The summed E-state index contributed by atoms with van der Waals surface area (Å²) in [5.74, 6) is 0. The maximum absolute atomic E-state index is 3.95. The summed E-state index contributed by atoms with van der Waals surface area (Å²) in [4.78, 5) is 5.31. The van der Waals surface area contributed by atoms with Crippen molar-refractivity contribution in [2.75, 3.05) is 11.9 Å². The number of aromatic amines is 1. The summed E-state index contributed by atoms with van der Waals surface area (Å²) in [5, 5.41) is 9.63. The van der Waals surface area contributed by atoms with Crippen molar-refractivity contribution in [2.45, 2.75) is 6.54 Å². The summed E-state index contributed by atoms with van der Waals surface area (Å²) in [6, 6.07) is 8.27. The van der Waals surface area contributed by atoms with Crippen LogP contribution in [0.25, 0.3) is 10.9 Å². The van der Waals surface area contributed by atoms with Gasteiger partial charge in [0.05, 0.1) is 0 Å². The standard InChI is InChI=1S/C11H11N5S/c1-16(11-13-14-15-17-11)7-8-6-12-10-5-3-2-4-9(8)10/h2-6,12H,7H2,1H3. The number of aromatic nitrogens is 4. The first-order valence-corrected chi connectivity index (χ1v) is 6.03. The molecule has 0 fully saturated rings. The second-order valence-electron chi connectivity index (χ2n) is 3.86. The quantitative estimate of drug-likeness (QED) is 0.767. The summed E-state index contributed by atoms with van der Waals surface area (Å²) in [7, 11) is 1.99. The van der Waals surface area contributed by atoms with E-state index in [9.17, 15) is 0 Å². The molecule has 3 aromatic rings. The molecule has 0 saturated heterocycles. The van der Waals surface area contributed by atoms with Gasteiger partial charge >= 0.3 is 0 Å². The monoisotopic (exact) mass is 245 g/mol. The summed E-state index contributed by atoms with van der Waals surface area (Å²) in [6.45, 7) is 0.793. The van der Waals surface area contributed by atoms with Crippen molar-refractivity contribution in [1.82, 2.24) is 19.8 Å². The van der Waals surface area contributed by atoms with E-state index < -0.39 is 0 Å². The number of nitrogens with one attached hydrogen (secondary N) is 1. The Morgan fingerprint density at radius 2 is 2.24 bits per heavy atom. The highest BCUT2D eigenvalue weighted by molar-refractivity contribution is 7.09. The Morgan fingerprint density at radius 1 is 1.35 bits per heavy atom. The van der Waals surface area contributed by atoms with Crippen molar-refractivity contribution in [3.63, 3.8) is 0 Å². The van der Waals surface area contributed by atoms with Crippen LogP contribution in [0.15, 0.2) is 30.5 Å². The third-order valence-corrected chi connectivity index (χ3v) is 3.41. The van der Waals surface area contributed by atoms with E-state index in [0.29, 0.717) is 0 Å². The van der Waals surface area contributed by atoms with Gasteiger partial charge in [-0.1, -0.05) is 27.8 Å². The lowest BCUT2D eigenvalue weighted by Crippen LogP contribution is -2.15. The first kappa shape index (κ1) is 10.2. The fourth-order valence-electron chi connectivity index (χ4n) is 1.86. The lowest BCUT2D eigenvalue weighted by molar-refractivity contribution is 0.877. The van der Waals surface area contributed by atoms with Crippen LogP contribution >= 0.6 is 11.5 Å². The molecule has 1 aromatic carbocycles. The van der Waals surface area contributed by atoms with Crippen LogP contribution in [0.5, 0.6) is 0 Å². The molecular weight excluding hydrogens is 234 g/mol. The second kappa shape index (κ2) is 4.14. The average Bonchev–Trinajstić information content (AvgIpc) is 2.98. The van der Waals surface area contributed by atoms with E-state index in [1.54, 1.807) is 0 Å². The molecule has 2 heterocycles. The van der Waals surface area contributed by atoms with E-state index in [4.69, 9.17) is 0 Å². The van der Waals surface area contributed by atoms with Crippen LogP contribution in [0.4, 0.5) is 5.13 Å². The number of hydrogen-bond donors (Lipinski definition) is 1. The zero-order chi connectivity index (χ0) is 11.7. The molecule has 0 bridgehead atoms. The van der Waals surface area contributed by atoms with Gasteiger partial charge in [-0.05, 0) is 16.8 Å². The van der Waals surface area contributed by atoms with Crippen molar-refractivity contribution in [1.29, 1.82) is 0 Å². The van der Waals surface area contributed by atoms with E-state index in [2.05, 4.69) is 31.9 Å². The molecule has 0 aliphatic heterocycles. The molecule has 2 aromatic heterocycles. The van der Waals surface area contributed by atoms with Gasteiger partial charge in [-0.25, -0.2) is 0 Å². The van der Waals surface area contributed by atoms with Crippen LogP contribution in [0, 0.1) is 0 Å². The van der Waals surface area contributed by atoms with Gasteiger partial charge in [-0.2, -0.15) is 0 Å².